The molecule has 1 saturated heterocycles. The Labute approximate surface area is 67.5 Å². The van der Waals surface area contributed by atoms with E-state index in [2.05, 4.69) is 13.8 Å². The smallest absolute Gasteiger partial charge is 0.147 e. The lowest BCUT2D eigenvalue weighted by Gasteiger charge is -2.21. The van der Waals surface area contributed by atoms with Crippen LogP contribution in [0, 0.1) is 5.92 Å². The summed E-state index contributed by atoms with van der Waals surface area (Å²) in [6.45, 7) is 5.78. The zero-order valence-electron chi connectivity index (χ0n) is 7.10. The summed E-state index contributed by atoms with van der Waals surface area (Å²) in [5, 5.41) is 0. The fourth-order valence-electron chi connectivity index (χ4n) is 1.66. The van der Waals surface area contributed by atoms with Crippen LogP contribution in [-0.4, -0.2) is 24.2 Å². The van der Waals surface area contributed by atoms with Gasteiger partial charge in [-0.25, -0.2) is 0 Å². The van der Waals surface area contributed by atoms with Crippen LogP contribution in [0.15, 0.2) is 0 Å². The minimum atomic E-state index is -0.267. The van der Waals surface area contributed by atoms with Crippen LogP contribution in [0.3, 0.4) is 0 Å². The van der Waals surface area contributed by atoms with Gasteiger partial charge >= 0.3 is 0 Å². The van der Waals surface area contributed by atoms with Crippen LogP contribution in [0.1, 0.15) is 20.3 Å². The fraction of sp³-hybridized carbons (Fsp3) is 1.00. The van der Waals surface area contributed by atoms with Crippen molar-refractivity contribution < 1.29 is 4.43 Å². The Morgan fingerprint density at radius 3 is 2.90 bits per heavy atom. The molecule has 1 atom stereocenters. The average Bonchev–Trinajstić information content (AvgIpc) is 1.88. The average molecular weight is 174 g/mol. The van der Waals surface area contributed by atoms with Gasteiger partial charge in [0.1, 0.15) is 9.28 Å². The third-order valence-electron chi connectivity index (χ3n) is 2.06. The standard InChI is InChI=1S/C7H18OSi2/c1-7(2)6-10-5-3-4-8-9-10/h7,10H,3-6,9H2,1-2H3. The third-order valence-corrected chi connectivity index (χ3v) is 10.2. The summed E-state index contributed by atoms with van der Waals surface area (Å²) in [6, 6.07) is 3.14. The molecule has 1 unspecified atom stereocenters. The molecule has 1 aliphatic rings. The van der Waals surface area contributed by atoms with Crippen molar-refractivity contribution in [2.24, 2.45) is 5.92 Å². The third kappa shape index (κ3) is 2.99. The Morgan fingerprint density at radius 1 is 1.60 bits per heavy atom. The van der Waals surface area contributed by atoms with Gasteiger partial charge in [0.2, 0.25) is 0 Å². The Morgan fingerprint density at radius 2 is 2.40 bits per heavy atom. The molecule has 1 fully saturated rings. The molecule has 1 nitrogen and oxygen atoms in total. The molecule has 10 heavy (non-hydrogen) atoms. The second-order valence-corrected chi connectivity index (χ2v) is 11.7. The lowest BCUT2D eigenvalue weighted by molar-refractivity contribution is 0.334. The molecule has 0 saturated carbocycles. The van der Waals surface area contributed by atoms with Gasteiger partial charge in [-0.1, -0.05) is 25.9 Å². The van der Waals surface area contributed by atoms with Crippen molar-refractivity contribution in [2.45, 2.75) is 32.4 Å². The highest BCUT2D eigenvalue weighted by Gasteiger charge is 2.16. The SMILES string of the molecule is CC(C)C[SiH]1CCCO[SiH2]1. The summed E-state index contributed by atoms with van der Waals surface area (Å²) >= 11 is 0. The van der Waals surface area contributed by atoms with E-state index < -0.39 is 0 Å². The largest absolute Gasteiger partial charge is 0.428 e. The zero-order chi connectivity index (χ0) is 7.40. The molecule has 1 rings (SSSR count). The molecule has 0 aromatic rings. The van der Waals surface area contributed by atoms with E-state index >= 15 is 0 Å². The number of rotatable bonds is 2. The van der Waals surface area contributed by atoms with Crippen molar-refractivity contribution in [3.63, 3.8) is 0 Å². The van der Waals surface area contributed by atoms with Crippen molar-refractivity contribution in [1.29, 1.82) is 0 Å². The maximum Gasteiger partial charge on any atom is 0.147 e. The van der Waals surface area contributed by atoms with Crippen LogP contribution in [0.4, 0.5) is 0 Å². The van der Waals surface area contributed by atoms with Crippen molar-refractivity contribution in [2.75, 3.05) is 6.61 Å². The molecule has 60 valence electrons. The van der Waals surface area contributed by atoms with E-state index in [9.17, 15) is 0 Å². The molecule has 1 aliphatic heterocycles. The van der Waals surface area contributed by atoms with Gasteiger partial charge in [0, 0.05) is 6.61 Å². The van der Waals surface area contributed by atoms with Crippen molar-refractivity contribution in [3.05, 3.63) is 0 Å². The summed E-state index contributed by atoms with van der Waals surface area (Å²) in [5.41, 5.74) is 0. The minimum Gasteiger partial charge on any atom is -0.428 e. The molecule has 0 amide bonds. The number of hydrogen-bond acceptors (Lipinski definition) is 1. The van der Waals surface area contributed by atoms with E-state index in [4.69, 9.17) is 4.43 Å². The normalized spacial score (nSPS) is 29.7. The van der Waals surface area contributed by atoms with Gasteiger partial charge in [0.05, 0.1) is 8.31 Å². The molecule has 3 heteroatoms. The summed E-state index contributed by atoms with van der Waals surface area (Å²) < 4.78 is 5.58. The molecule has 1 heterocycles. The summed E-state index contributed by atoms with van der Waals surface area (Å²) in [4.78, 5) is 0. The van der Waals surface area contributed by atoms with Gasteiger partial charge in [-0.15, -0.1) is 0 Å². The molecular weight excluding hydrogens is 156 g/mol. The summed E-state index contributed by atoms with van der Waals surface area (Å²) in [6.07, 6.45) is 1.37. The fourth-order valence-corrected chi connectivity index (χ4v) is 10.3. The van der Waals surface area contributed by atoms with E-state index in [1.807, 2.05) is 0 Å². The second-order valence-electron chi connectivity index (χ2n) is 3.71. The maximum atomic E-state index is 5.58. The summed E-state index contributed by atoms with van der Waals surface area (Å²) in [5.74, 6) is 0.936. The second kappa shape index (κ2) is 4.31. The first kappa shape index (κ1) is 8.49. The highest BCUT2D eigenvalue weighted by atomic mass is 29.2. The predicted octanol–water partition coefficient (Wildman–Crippen LogP) is 0.870. The molecule has 0 aliphatic carbocycles. The van der Waals surface area contributed by atoms with E-state index in [0.29, 0.717) is 0 Å². The van der Waals surface area contributed by atoms with Crippen molar-refractivity contribution >= 4 is 17.6 Å². The van der Waals surface area contributed by atoms with Gasteiger partial charge in [0.25, 0.3) is 0 Å². The first-order valence-electron chi connectivity index (χ1n) is 4.37. The highest BCUT2D eigenvalue weighted by Crippen LogP contribution is 2.13. The molecule has 0 spiro atoms. The van der Waals surface area contributed by atoms with E-state index in [-0.39, 0.29) is 17.6 Å². The van der Waals surface area contributed by atoms with E-state index in [1.165, 1.54) is 6.42 Å². The topological polar surface area (TPSA) is 9.23 Å². The quantitative estimate of drug-likeness (QED) is 0.565. The molecular formula is C7H18OSi2. The van der Waals surface area contributed by atoms with Gasteiger partial charge in [0.15, 0.2) is 0 Å². The Kier molecular flexibility index (Phi) is 3.66. The monoisotopic (exact) mass is 174 g/mol. The lowest BCUT2D eigenvalue weighted by Crippen LogP contribution is -2.31. The highest BCUT2D eigenvalue weighted by molar-refractivity contribution is 7.10. The van der Waals surface area contributed by atoms with Crippen molar-refractivity contribution in [3.8, 4) is 0 Å². The van der Waals surface area contributed by atoms with Gasteiger partial charge in [-0.2, -0.15) is 0 Å². The molecule has 0 radical (unpaired) electrons. The molecule has 0 bridgehead atoms. The van der Waals surface area contributed by atoms with Gasteiger partial charge in [-0.3, -0.25) is 0 Å². The van der Waals surface area contributed by atoms with E-state index in [1.54, 1.807) is 12.1 Å². The summed E-state index contributed by atoms with van der Waals surface area (Å²) in [7, 11) is -0.249. The molecule has 0 N–H and O–H groups in total. The number of hydrogen-bond donors (Lipinski definition) is 0. The first-order chi connectivity index (χ1) is 4.79. The minimum absolute atomic E-state index is 0.0186. The maximum absolute atomic E-state index is 5.58. The van der Waals surface area contributed by atoms with Crippen LogP contribution >= 0.6 is 0 Å². The van der Waals surface area contributed by atoms with Gasteiger partial charge in [-0.05, 0) is 12.3 Å². The first-order valence-corrected chi connectivity index (χ1v) is 9.84. The molecule has 0 aromatic heterocycles. The van der Waals surface area contributed by atoms with Crippen LogP contribution in [0.2, 0.25) is 12.1 Å². The lowest BCUT2D eigenvalue weighted by atomic mass is 10.3. The Balaban J connectivity index is 2.13. The van der Waals surface area contributed by atoms with Crippen LogP contribution in [0.5, 0.6) is 0 Å². The van der Waals surface area contributed by atoms with E-state index in [0.717, 1.165) is 12.5 Å². The molecule has 0 aromatic carbocycles. The van der Waals surface area contributed by atoms with Crippen LogP contribution in [-0.2, 0) is 4.43 Å². The predicted molar refractivity (Wildman–Crippen MR) is 50.7 cm³/mol. The Hall–Kier alpha value is 0.394. The van der Waals surface area contributed by atoms with Crippen LogP contribution in [0.25, 0.3) is 0 Å². The van der Waals surface area contributed by atoms with Gasteiger partial charge < -0.3 is 4.43 Å². The zero-order valence-corrected chi connectivity index (χ0v) is 9.67. The Bertz CT molecular complexity index is 89.6. The van der Waals surface area contributed by atoms with Crippen LogP contribution < -0.4 is 0 Å². The van der Waals surface area contributed by atoms with Crippen molar-refractivity contribution in [1.82, 2.24) is 0 Å².